The van der Waals surface area contributed by atoms with Gasteiger partial charge in [-0.05, 0) is 44.7 Å². The van der Waals surface area contributed by atoms with Gasteiger partial charge in [0.1, 0.15) is 0 Å². The van der Waals surface area contributed by atoms with Gasteiger partial charge in [0.05, 0.1) is 12.2 Å². The van der Waals surface area contributed by atoms with Crippen LogP contribution in [0.3, 0.4) is 0 Å². The number of piperidine rings is 1. The van der Waals surface area contributed by atoms with Crippen molar-refractivity contribution in [1.29, 1.82) is 0 Å². The first kappa shape index (κ1) is 16.2. The Morgan fingerprint density at radius 2 is 2.00 bits per heavy atom. The number of halogens is 1. The largest absolute Gasteiger partial charge is 0.350 e. The maximum absolute atomic E-state index is 12.1. The Hall–Kier alpha value is -1.14. The molecule has 0 atom stereocenters. The highest BCUT2D eigenvalue weighted by Gasteiger charge is 2.20. The van der Waals surface area contributed by atoms with Gasteiger partial charge in [-0.25, -0.2) is 4.68 Å². The van der Waals surface area contributed by atoms with E-state index in [1.807, 2.05) is 4.68 Å². The molecule has 0 spiro atoms. The number of nitrogens with one attached hydrogen (secondary N) is 2. The van der Waals surface area contributed by atoms with Crippen molar-refractivity contribution in [2.75, 3.05) is 19.6 Å². The summed E-state index contributed by atoms with van der Waals surface area (Å²) >= 11 is 0. The lowest BCUT2D eigenvalue weighted by Gasteiger charge is -2.22. The third-order valence-electron chi connectivity index (χ3n) is 4.45. The van der Waals surface area contributed by atoms with Gasteiger partial charge >= 0.3 is 0 Å². The number of rotatable bonds is 4. The Labute approximate surface area is 131 Å². The minimum absolute atomic E-state index is 0. The first-order chi connectivity index (χ1) is 9.83. The second kappa shape index (κ2) is 7.75. The molecule has 2 heterocycles. The van der Waals surface area contributed by atoms with E-state index >= 15 is 0 Å². The highest BCUT2D eigenvalue weighted by Crippen LogP contribution is 2.23. The van der Waals surface area contributed by atoms with Gasteiger partial charge in [0.25, 0.3) is 5.91 Å². The van der Waals surface area contributed by atoms with E-state index in [0.29, 0.717) is 17.7 Å². The lowest BCUT2D eigenvalue weighted by molar-refractivity contribution is 0.0942. The number of hydrogen-bond acceptors (Lipinski definition) is 4. The lowest BCUT2D eigenvalue weighted by Crippen LogP contribution is -2.30. The number of nitrogens with zero attached hydrogens (tertiary/aromatic N) is 3. The summed E-state index contributed by atoms with van der Waals surface area (Å²) in [6.07, 6.45) is 8.96. The third-order valence-corrected chi connectivity index (χ3v) is 4.45. The Balaban J connectivity index is 0.00000161. The molecule has 0 radical (unpaired) electrons. The van der Waals surface area contributed by atoms with Crippen LogP contribution in [0.25, 0.3) is 0 Å². The van der Waals surface area contributed by atoms with Crippen molar-refractivity contribution in [1.82, 2.24) is 25.6 Å². The Morgan fingerprint density at radius 1 is 1.29 bits per heavy atom. The van der Waals surface area contributed by atoms with Gasteiger partial charge in [-0.2, -0.15) is 0 Å². The minimum atomic E-state index is -0.0860. The number of aromatic nitrogens is 3. The zero-order chi connectivity index (χ0) is 13.8. The highest BCUT2D eigenvalue weighted by molar-refractivity contribution is 5.91. The summed E-state index contributed by atoms with van der Waals surface area (Å²) in [5.74, 6) is 0.565. The first-order valence-corrected chi connectivity index (χ1v) is 7.73. The topological polar surface area (TPSA) is 71.8 Å². The molecule has 118 valence electrons. The molecular formula is C14H24ClN5O. The SMILES string of the molecule is Cl.O=C(NCC1CCCC1)c1cn(C2CCNCC2)nn1. The molecule has 1 saturated carbocycles. The molecule has 6 nitrogen and oxygen atoms in total. The normalized spacial score (nSPS) is 20.2. The van der Waals surface area contributed by atoms with Gasteiger partial charge in [0.2, 0.25) is 0 Å². The average molecular weight is 314 g/mol. The molecule has 1 aromatic heterocycles. The molecular weight excluding hydrogens is 290 g/mol. The molecule has 0 unspecified atom stereocenters. The molecule has 1 aliphatic carbocycles. The predicted octanol–water partition coefficient (Wildman–Crippen LogP) is 1.54. The lowest BCUT2D eigenvalue weighted by atomic mass is 10.1. The van der Waals surface area contributed by atoms with Crippen LogP contribution in [0.5, 0.6) is 0 Å². The van der Waals surface area contributed by atoms with Crippen LogP contribution < -0.4 is 10.6 Å². The molecule has 3 rings (SSSR count). The van der Waals surface area contributed by atoms with Crippen LogP contribution in [0.15, 0.2) is 6.20 Å². The fourth-order valence-electron chi connectivity index (χ4n) is 3.17. The molecule has 2 aliphatic rings. The summed E-state index contributed by atoms with van der Waals surface area (Å²) < 4.78 is 1.85. The van der Waals surface area contributed by atoms with Crippen molar-refractivity contribution in [3.63, 3.8) is 0 Å². The van der Waals surface area contributed by atoms with Crippen molar-refractivity contribution in [3.8, 4) is 0 Å². The zero-order valence-corrected chi connectivity index (χ0v) is 13.1. The maximum atomic E-state index is 12.1. The molecule has 0 bridgehead atoms. The van der Waals surface area contributed by atoms with Crippen LogP contribution in [-0.2, 0) is 0 Å². The van der Waals surface area contributed by atoms with E-state index in [2.05, 4.69) is 20.9 Å². The second-order valence-electron chi connectivity index (χ2n) is 5.93. The van der Waals surface area contributed by atoms with Crippen LogP contribution >= 0.6 is 12.4 Å². The smallest absolute Gasteiger partial charge is 0.273 e. The maximum Gasteiger partial charge on any atom is 0.273 e. The van der Waals surface area contributed by atoms with Gasteiger partial charge in [-0.15, -0.1) is 17.5 Å². The molecule has 2 N–H and O–H groups in total. The quantitative estimate of drug-likeness (QED) is 0.884. The summed E-state index contributed by atoms with van der Waals surface area (Å²) in [5, 5.41) is 14.5. The Bertz CT molecular complexity index is 452. The van der Waals surface area contributed by atoms with Crippen LogP contribution in [-0.4, -0.2) is 40.5 Å². The van der Waals surface area contributed by atoms with E-state index in [1.165, 1.54) is 25.7 Å². The van der Waals surface area contributed by atoms with E-state index in [4.69, 9.17) is 0 Å². The summed E-state index contributed by atoms with van der Waals surface area (Å²) in [6.45, 7) is 2.79. The van der Waals surface area contributed by atoms with E-state index < -0.39 is 0 Å². The van der Waals surface area contributed by atoms with E-state index in [1.54, 1.807) is 6.20 Å². The van der Waals surface area contributed by atoms with Crippen LogP contribution in [0.2, 0.25) is 0 Å². The molecule has 1 aromatic rings. The highest BCUT2D eigenvalue weighted by atomic mass is 35.5. The fraction of sp³-hybridized carbons (Fsp3) is 0.786. The number of carbonyl (C=O) groups excluding carboxylic acids is 1. The average Bonchev–Trinajstić information content (AvgIpc) is 3.17. The van der Waals surface area contributed by atoms with Crippen LogP contribution in [0, 0.1) is 5.92 Å². The molecule has 0 aromatic carbocycles. The molecule has 7 heteroatoms. The third kappa shape index (κ3) is 4.17. The van der Waals surface area contributed by atoms with Gasteiger partial charge in [-0.1, -0.05) is 18.1 Å². The molecule has 1 aliphatic heterocycles. The van der Waals surface area contributed by atoms with Crippen LogP contribution in [0.4, 0.5) is 0 Å². The second-order valence-corrected chi connectivity index (χ2v) is 5.93. The number of hydrogen-bond donors (Lipinski definition) is 2. The monoisotopic (exact) mass is 313 g/mol. The van der Waals surface area contributed by atoms with Gasteiger partial charge in [0, 0.05) is 6.54 Å². The zero-order valence-electron chi connectivity index (χ0n) is 12.3. The summed E-state index contributed by atoms with van der Waals surface area (Å²) in [5.41, 5.74) is 0.446. The standard InChI is InChI=1S/C14H23N5O.ClH/c20-14(16-9-11-3-1-2-4-11)13-10-19(18-17-13)12-5-7-15-8-6-12;/h10-12,15H,1-9H2,(H,16,20);1H. The summed E-state index contributed by atoms with van der Waals surface area (Å²) in [6, 6.07) is 0.375. The minimum Gasteiger partial charge on any atom is -0.350 e. The summed E-state index contributed by atoms with van der Waals surface area (Å²) in [4.78, 5) is 12.1. The van der Waals surface area contributed by atoms with Gasteiger partial charge in [-0.3, -0.25) is 4.79 Å². The summed E-state index contributed by atoms with van der Waals surface area (Å²) in [7, 11) is 0. The van der Waals surface area contributed by atoms with Crippen LogP contribution in [0.1, 0.15) is 55.1 Å². The van der Waals surface area contributed by atoms with E-state index in [-0.39, 0.29) is 18.3 Å². The molecule has 21 heavy (non-hydrogen) atoms. The van der Waals surface area contributed by atoms with Crippen molar-refractivity contribution < 1.29 is 4.79 Å². The van der Waals surface area contributed by atoms with Gasteiger partial charge < -0.3 is 10.6 Å². The van der Waals surface area contributed by atoms with Gasteiger partial charge in [0.15, 0.2) is 5.69 Å². The number of carbonyl (C=O) groups is 1. The Morgan fingerprint density at radius 3 is 2.71 bits per heavy atom. The van der Waals surface area contributed by atoms with Crippen molar-refractivity contribution in [2.45, 2.75) is 44.6 Å². The molecule has 1 saturated heterocycles. The number of amides is 1. The van der Waals surface area contributed by atoms with E-state index in [9.17, 15) is 4.79 Å². The van der Waals surface area contributed by atoms with Crippen molar-refractivity contribution >= 4 is 18.3 Å². The van der Waals surface area contributed by atoms with Crippen molar-refractivity contribution in [3.05, 3.63) is 11.9 Å². The fourth-order valence-corrected chi connectivity index (χ4v) is 3.17. The molecule has 2 fully saturated rings. The van der Waals surface area contributed by atoms with E-state index in [0.717, 1.165) is 32.5 Å². The Kier molecular flexibility index (Phi) is 5.99. The predicted molar refractivity (Wildman–Crippen MR) is 82.7 cm³/mol. The first-order valence-electron chi connectivity index (χ1n) is 7.73. The van der Waals surface area contributed by atoms with Crippen molar-refractivity contribution in [2.24, 2.45) is 5.92 Å². The molecule has 1 amide bonds.